The van der Waals surface area contributed by atoms with E-state index < -0.39 is 93.1 Å². The highest BCUT2D eigenvalue weighted by Crippen LogP contribution is 2.48. The maximum Gasteiger partial charge on any atom is 0.407 e. The van der Waals surface area contributed by atoms with Gasteiger partial charge in [0.2, 0.25) is 14.2 Å². The number of rotatable bonds is 22. The van der Waals surface area contributed by atoms with Crippen molar-refractivity contribution in [3.8, 4) is 0 Å². The Balaban J connectivity index is 2.53. The van der Waals surface area contributed by atoms with Gasteiger partial charge in [0.15, 0.2) is 5.78 Å². The maximum atomic E-state index is 14.6. The first-order chi connectivity index (χ1) is 29.0. The first kappa shape index (κ1) is 54.6. The topological polar surface area (TPSA) is 175 Å². The SMILES string of the molecule is CC(C)[Si](OC(=O)N[C@@H](Cc1ccccc1)C(=O)C[C@@H](CCCCNC(=O)OC(C)(C)C)C(=O)N[C@@H](CC(=O)OC(C)(C)C)C(=O)O[Si](C)(C)C)(C(C)C)C(C)(C)c1ccccc1. The van der Waals surface area contributed by atoms with Crippen molar-refractivity contribution in [1.29, 1.82) is 0 Å². The van der Waals surface area contributed by atoms with Crippen LogP contribution in [-0.4, -0.2) is 82.3 Å². The average Bonchev–Trinajstić information content (AvgIpc) is 3.14. The van der Waals surface area contributed by atoms with Crippen LogP contribution in [0.4, 0.5) is 9.59 Å². The molecule has 3 amide bonds. The number of nitrogens with one attached hydrogen (secondary N) is 3. The largest absolute Gasteiger partial charge is 0.518 e. The molecule has 0 aromatic heterocycles. The van der Waals surface area contributed by atoms with Crippen LogP contribution < -0.4 is 16.0 Å². The van der Waals surface area contributed by atoms with Gasteiger partial charge in [-0.2, -0.15) is 0 Å². The molecule has 0 saturated heterocycles. The Bertz CT molecular complexity index is 1810. The molecule has 0 radical (unpaired) electrons. The third kappa shape index (κ3) is 18.3. The Hall–Kier alpha value is -4.51. The van der Waals surface area contributed by atoms with Crippen molar-refractivity contribution >= 4 is 52.5 Å². The third-order valence-electron chi connectivity index (χ3n) is 10.7. The average molecular weight is 912 g/mol. The van der Waals surface area contributed by atoms with Crippen LogP contribution in [0.15, 0.2) is 60.7 Å². The van der Waals surface area contributed by atoms with Gasteiger partial charge in [-0.25, -0.2) is 9.59 Å². The zero-order valence-corrected chi connectivity index (χ0v) is 42.7. The van der Waals surface area contributed by atoms with Gasteiger partial charge < -0.3 is 34.3 Å². The summed E-state index contributed by atoms with van der Waals surface area (Å²) < 4.78 is 23.3. The smallest absolute Gasteiger partial charge is 0.407 e. The number of ketones is 1. The quantitative estimate of drug-likeness (QED) is 0.0586. The number of Topliss-reactive ketones (excluding diaryl/α,β-unsaturated/α-hetero) is 1. The molecule has 3 atom stereocenters. The predicted molar refractivity (Wildman–Crippen MR) is 252 cm³/mol. The van der Waals surface area contributed by atoms with Crippen LogP contribution in [-0.2, 0) is 49.0 Å². The van der Waals surface area contributed by atoms with Crippen molar-refractivity contribution in [3.05, 3.63) is 71.8 Å². The van der Waals surface area contributed by atoms with E-state index in [-0.39, 0.29) is 36.9 Å². The first-order valence-electron chi connectivity index (χ1n) is 22.3. The second-order valence-electron chi connectivity index (χ2n) is 20.5. The second-order valence-corrected chi connectivity index (χ2v) is 30.3. The summed E-state index contributed by atoms with van der Waals surface area (Å²) in [5.74, 6) is -3.52. The number of esters is 1. The van der Waals surface area contributed by atoms with Crippen LogP contribution in [0.5, 0.6) is 0 Å². The molecule has 0 bridgehead atoms. The van der Waals surface area contributed by atoms with Gasteiger partial charge >= 0.3 is 24.1 Å². The van der Waals surface area contributed by atoms with E-state index in [1.165, 1.54) is 0 Å². The van der Waals surface area contributed by atoms with Gasteiger partial charge in [-0.1, -0.05) is 109 Å². The summed E-state index contributed by atoms with van der Waals surface area (Å²) >= 11 is 0. The fraction of sp³-hybridized carbons (Fsp3) is 0.625. The maximum absolute atomic E-state index is 14.6. The van der Waals surface area contributed by atoms with Gasteiger partial charge in [0.05, 0.1) is 12.5 Å². The van der Waals surface area contributed by atoms with E-state index in [1.807, 2.05) is 68.2 Å². The Morgan fingerprint density at radius 1 is 0.635 bits per heavy atom. The van der Waals surface area contributed by atoms with Crippen LogP contribution in [0.2, 0.25) is 30.7 Å². The van der Waals surface area contributed by atoms with Crippen molar-refractivity contribution in [2.45, 2.75) is 181 Å². The normalized spacial score (nSPS) is 13.9. The van der Waals surface area contributed by atoms with Gasteiger partial charge in [-0.15, -0.1) is 0 Å². The molecule has 0 spiro atoms. The van der Waals surface area contributed by atoms with Gasteiger partial charge in [0.1, 0.15) is 17.2 Å². The van der Waals surface area contributed by atoms with Crippen LogP contribution >= 0.6 is 0 Å². The van der Waals surface area contributed by atoms with Gasteiger partial charge in [0.25, 0.3) is 8.32 Å². The minimum atomic E-state index is -3.05. The predicted octanol–water partition coefficient (Wildman–Crippen LogP) is 9.47. The highest BCUT2D eigenvalue weighted by atomic mass is 28.4. The molecular formula is C48H77N3O10Si2. The molecule has 2 aromatic rings. The Kier molecular flexibility index (Phi) is 20.3. The van der Waals surface area contributed by atoms with E-state index in [1.54, 1.807) is 41.5 Å². The molecule has 2 rings (SSSR count). The summed E-state index contributed by atoms with van der Waals surface area (Å²) in [6.45, 7) is 28.7. The number of amides is 3. The highest BCUT2D eigenvalue weighted by molar-refractivity contribution is 6.80. The molecular weight excluding hydrogens is 835 g/mol. The number of alkyl carbamates (subject to hydrolysis) is 1. The molecule has 13 nitrogen and oxygen atoms in total. The lowest BCUT2D eigenvalue weighted by Gasteiger charge is -2.49. The summed E-state index contributed by atoms with van der Waals surface area (Å²) in [6, 6.07) is 16.8. The van der Waals surface area contributed by atoms with Gasteiger partial charge in [-0.3, -0.25) is 19.2 Å². The zero-order chi connectivity index (χ0) is 48.0. The standard InChI is InChI=1S/C48H77N3O10Si2/c1-33(2)63(34(3)4,48(11,12)37-27-20-17-21-28-37)61-45(57)51-38(30-35-24-18-16-19-25-35)40(52)31-36(26-22-23-29-49-44(56)59-47(8,9)10)42(54)50-39(43(55)60-62(13,14)15)32-41(53)58-46(5,6)7/h16-21,24-25,27-28,33-34,36,38-39H,22-23,26,29-32H2,1-15H3,(H,49,56)(H,50,54)(H,51,57)/t36-,38+,39+/m1/s1. The van der Waals surface area contributed by atoms with Crippen LogP contribution in [0, 0.1) is 5.92 Å². The number of hydrogen-bond donors (Lipinski definition) is 3. The summed E-state index contributed by atoms with van der Waals surface area (Å²) in [4.78, 5) is 82.1. The lowest BCUT2D eigenvalue weighted by molar-refractivity contribution is -0.158. The van der Waals surface area contributed by atoms with Crippen molar-refractivity contribution in [1.82, 2.24) is 16.0 Å². The van der Waals surface area contributed by atoms with Crippen molar-refractivity contribution in [2.24, 2.45) is 5.92 Å². The third-order valence-corrected chi connectivity index (χ3v) is 17.7. The van der Waals surface area contributed by atoms with Gasteiger partial charge in [0, 0.05) is 23.9 Å². The number of carbonyl (C=O) groups is 6. The minimum Gasteiger partial charge on any atom is -0.518 e. The fourth-order valence-electron chi connectivity index (χ4n) is 8.11. The van der Waals surface area contributed by atoms with E-state index in [0.29, 0.717) is 12.8 Å². The van der Waals surface area contributed by atoms with E-state index in [0.717, 1.165) is 11.1 Å². The molecule has 0 fully saturated rings. The monoisotopic (exact) mass is 912 g/mol. The summed E-state index contributed by atoms with van der Waals surface area (Å²) in [5, 5.41) is 7.87. The van der Waals surface area contributed by atoms with E-state index in [9.17, 15) is 28.8 Å². The Labute approximate surface area is 379 Å². The number of ether oxygens (including phenoxy) is 2. The zero-order valence-electron chi connectivity index (χ0n) is 40.7. The van der Waals surface area contributed by atoms with Crippen molar-refractivity contribution in [3.63, 3.8) is 0 Å². The minimum absolute atomic E-state index is 0.000816. The number of benzene rings is 2. The number of hydrogen-bond acceptors (Lipinski definition) is 10. The number of unbranched alkanes of at least 4 members (excludes halogenated alkanes) is 1. The molecule has 0 unspecified atom stereocenters. The molecule has 2 aromatic carbocycles. The summed E-state index contributed by atoms with van der Waals surface area (Å²) in [6.07, 6.45) is -0.903. The molecule has 0 aliphatic rings. The first-order valence-corrected chi connectivity index (χ1v) is 27.8. The highest BCUT2D eigenvalue weighted by Gasteiger charge is 2.58. The van der Waals surface area contributed by atoms with Crippen LogP contribution in [0.25, 0.3) is 0 Å². The van der Waals surface area contributed by atoms with E-state index in [2.05, 4.69) is 69.6 Å². The van der Waals surface area contributed by atoms with E-state index >= 15 is 0 Å². The second kappa shape index (κ2) is 23.4. The van der Waals surface area contributed by atoms with Crippen LogP contribution in [0.1, 0.15) is 126 Å². The molecule has 0 aliphatic carbocycles. The lowest BCUT2D eigenvalue weighted by atomic mass is 9.90. The molecule has 0 aliphatic heterocycles. The Morgan fingerprint density at radius 2 is 1.17 bits per heavy atom. The summed E-state index contributed by atoms with van der Waals surface area (Å²) in [5.41, 5.74) is 0.321. The van der Waals surface area contributed by atoms with Crippen LogP contribution in [0.3, 0.4) is 0 Å². The summed E-state index contributed by atoms with van der Waals surface area (Å²) in [7, 11) is -5.52. The molecule has 0 heterocycles. The van der Waals surface area contributed by atoms with Gasteiger partial charge in [-0.05, 0) is 103 Å². The molecule has 63 heavy (non-hydrogen) atoms. The lowest BCUT2D eigenvalue weighted by Crippen LogP contribution is -2.62. The van der Waals surface area contributed by atoms with Crippen molar-refractivity contribution < 1.29 is 47.1 Å². The van der Waals surface area contributed by atoms with Crippen molar-refractivity contribution in [2.75, 3.05) is 6.54 Å². The van der Waals surface area contributed by atoms with E-state index in [4.69, 9.17) is 18.3 Å². The molecule has 15 heteroatoms. The molecule has 0 saturated carbocycles. The fourth-order valence-corrected chi connectivity index (χ4v) is 14.8. The number of carbonyl (C=O) groups excluding carboxylic acids is 6. The molecule has 3 N–H and O–H groups in total. The molecule has 352 valence electrons. The Morgan fingerprint density at radius 3 is 1.68 bits per heavy atom.